The van der Waals surface area contributed by atoms with Crippen LogP contribution in [0.1, 0.15) is 41.5 Å². The van der Waals surface area contributed by atoms with Gasteiger partial charge in [0.05, 0.1) is 12.7 Å². The maximum absolute atomic E-state index is 11.9. The highest BCUT2D eigenvalue weighted by molar-refractivity contribution is 5.96. The highest BCUT2D eigenvalue weighted by Gasteiger charge is 2.23. The molecule has 0 fully saturated rings. The molecule has 0 saturated carbocycles. The van der Waals surface area contributed by atoms with Crippen LogP contribution in [0.15, 0.2) is 12.3 Å². The first-order chi connectivity index (χ1) is 8.24. The molecule has 0 atom stereocenters. The third-order valence-electron chi connectivity index (χ3n) is 1.91. The number of rotatable bonds is 3. The number of hydrogen-bond donors (Lipinski definition) is 1. The van der Waals surface area contributed by atoms with Crippen molar-refractivity contribution in [1.29, 1.82) is 0 Å². The van der Waals surface area contributed by atoms with Gasteiger partial charge in [-0.25, -0.2) is 14.6 Å². The minimum Gasteiger partial charge on any atom is -0.480 e. The van der Waals surface area contributed by atoms with E-state index in [2.05, 4.69) is 4.98 Å². The molecule has 18 heavy (non-hydrogen) atoms. The number of pyridine rings is 1. The molecule has 0 amide bonds. The lowest BCUT2D eigenvalue weighted by Crippen LogP contribution is -2.24. The molecule has 0 unspecified atom stereocenters. The van der Waals surface area contributed by atoms with Gasteiger partial charge in [-0.2, -0.15) is 0 Å². The molecule has 1 rings (SSSR count). The van der Waals surface area contributed by atoms with Crippen LogP contribution in [0.2, 0.25) is 0 Å². The summed E-state index contributed by atoms with van der Waals surface area (Å²) < 4.78 is 10.1. The highest BCUT2D eigenvalue weighted by atomic mass is 16.6. The minimum absolute atomic E-state index is 0.00711. The van der Waals surface area contributed by atoms with Crippen molar-refractivity contribution >= 4 is 11.9 Å². The van der Waals surface area contributed by atoms with E-state index in [0.29, 0.717) is 0 Å². The van der Waals surface area contributed by atoms with Gasteiger partial charge in [0.2, 0.25) is 5.88 Å². The van der Waals surface area contributed by atoms with Crippen molar-refractivity contribution in [2.75, 3.05) is 7.11 Å². The van der Waals surface area contributed by atoms with Crippen LogP contribution >= 0.6 is 0 Å². The first-order valence-electron chi connectivity index (χ1n) is 5.25. The molecule has 0 spiro atoms. The normalized spacial score (nSPS) is 10.9. The number of hydrogen-bond acceptors (Lipinski definition) is 5. The van der Waals surface area contributed by atoms with Gasteiger partial charge in [-0.15, -0.1) is 0 Å². The molecular formula is C12H15NO5. The average Bonchev–Trinajstić information content (AvgIpc) is 2.25. The molecule has 1 aromatic rings. The molecule has 98 valence electrons. The second kappa shape index (κ2) is 5.03. The number of carbonyl (C=O) groups is 2. The predicted octanol–water partition coefficient (Wildman–Crippen LogP) is 1.74. The fourth-order valence-corrected chi connectivity index (χ4v) is 1.21. The van der Waals surface area contributed by atoms with Crippen LogP contribution in [0.4, 0.5) is 0 Å². The summed E-state index contributed by atoms with van der Waals surface area (Å²) in [4.78, 5) is 26.5. The van der Waals surface area contributed by atoms with Crippen LogP contribution in [-0.2, 0) is 4.74 Å². The molecule has 0 aliphatic carbocycles. The Labute approximate surface area is 105 Å². The number of aromatic nitrogens is 1. The topological polar surface area (TPSA) is 85.7 Å². The molecule has 0 aliphatic heterocycles. The van der Waals surface area contributed by atoms with Crippen molar-refractivity contribution in [3.05, 3.63) is 23.4 Å². The Morgan fingerprint density at radius 2 is 1.94 bits per heavy atom. The summed E-state index contributed by atoms with van der Waals surface area (Å²) in [5, 5.41) is 8.85. The van der Waals surface area contributed by atoms with Crippen LogP contribution in [0.3, 0.4) is 0 Å². The zero-order chi connectivity index (χ0) is 13.9. The van der Waals surface area contributed by atoms with Crippen molar-refractivity contribution < 1.29 is 24.2 Å². The molecule has 1 aromatic heterocycles. The van der Waals surface area contributed by atoms with Crippen molar-refractivity contribution in [1.82, 2.24) is 4.98 Å². The Morgan fingerprint density at radius 3 is 2.39 bits per heavy atom. The van der Waals surface area contributed by atoms with Crippen LogP contribution < -0.4 is 4.74 Å². The van der Waals surface area contributed by atoms with Gasteiger partial charge in [-0.05, 0) is 26.8 Å². The minimum atomic E-state index is -1.17. The molecule has 6 nitrogen and oxygen atoms in total. The maximum atomic E-state index is 11.9. The van der Waals surface area contributed by atoms with E-state index in [0.717, 1.165) is 6.20 Å². The number of aromatic carboxylic acids is 1. The molecule has 0 aromatic carbocycles. The van der Waals surface area contributed by atoms with Gasteiger partial charge in [0.1, 0.15) is 11.2 Å². The summed E-state index contributed by atoms with van der Waals surface area (Å²) in [5.41, 5.74) is -0.787. The van der Waals surface area contributed by atoms with E-state index < -0.39 is 17.5 Å². The fraction of sp³-hybridized carbons (Fsp3) is 0.417. The molecule has 0 radical (unpaired) electrons. The second-order valence-corrected chi connectivity index (χ2v) is 4.59. The van der Waals surface area contributed by atoms with E-state index in [9.17, 15) is 9.59 Å². The number of carboxylic acids is 1. The summed E-state index contributed by atoms with van der Waals surface area (Å²) in [7, 11) is 1.34. The van der Waals surface area contributed by atoms with Gasteiger partial charge < -0.3 is 14.6 Å². The quantitative estimate of drug-likeness (QED) is 0.826. The summed E-state index contributed by atoms with van der Waals surface area (Å²) in [6, 6.07) is 1.18. The van der Waals surface area contributed by atoms with E-state index in [1.807, 2.05) is 0 Å². The Kier molecular flexibility index (Phi) is 3.90. The number of methoxy groups -OCH3 is 1. The standard InChI is InChI=1S/C12H15NO5/c1-12(2,3)18-11(16)8-5-7(10(14)15)6-13-9(8)17-4/h5-6H,1-4H3,(H,14,15). The molecule has 1 heterocycles. The number of esters is 1. The number of ether oxygens (including phenoxy) is 2. The Morgan fingerprint density at radius 1 is 1.33 bits per heavy atom. The monoisotopic (exact) mass is 253 g/mol. The molecule has 0 bridgehead atoms. The molecule has 0 aliphatic rings. The van der Waals surface area contributed by atoms with Crippen LogP contribution in [0.25, 0.3) is 0 Å². The number of carbonyl (C=O) groups excluding carboxylic acids is 1. The zero-order valence-electron chi connectivity index (χ0n) is 10.7. The van der Waals surface area contributed by atoms with E-state index in [1.54, 1.807) is 20.8 Å². The van der Waals surface area contributed by atoms with Crippen molar-refractivity contribution in [2.45, 2.75) is 26.4 Å². The number of nitrogens with zero attached hydrogens (tertiary/aromatic N) is 1. The molecular weight excluding hydrogens is 238 g/mol. The number of carboxylic acid groups (broad SMARTS) is 1. The van der Waals surface area contributed by atoms with Gasteiger partial charge in [-0.3, -0.25) is 0 Å². The van der Waals surface area contributed by atoms with Gasteiger partial charge in [0.25, 0.3) is 0 Å². The first-order valence-corrected chi connectivity index (χ1v) is 5.25. The van der Waals surface area contributed by atoms with E-state index in [-0.39, 0.29) is 17.0 Å². The van der Waals surface area contributed by atoms with Crippen molar-refractivity contribution in [3.63, 3.8) is 0 Å². The van der Waals surface area contributed by atoms with Gasteiger partial charge in [0, 0.05) is 6.20 Å². The van der Waals surface area contributed by atoms with Crippen LogP contribution in [-0.4, -0.2) is 34.7 Å². The maximum Gasteiger partial charge on any atom is 0.344 e. The highest BCUT2D eigenvalue weighted by Crippen LogP contribution is 2.20. The average molecular weight is 253 g/mol. The van der Waals surface area contributed by atoms with Gasteiger partial charge in [-0.1, -0.05) is 0 Å². The zero-order valence-corrected chi connectivity index (χ0v) is 10.7. The fourth-order valence-electron chi connectivity index (χ4n) is 1.21. The Bertz CT molecular complexity index is 476. The van der Waals surface area contributed by atoms with Crippen molar-refractivity contribution in [3.8, 4) is 5.88 Å². The molecule has 1 N–H and O–H groups in total. The smallest absolute Gasteiger partial charge is 0.344 e. The SMILES string of the molecule is COc1ncc(C(=O)O)cc1C(=O)OC(C)(C)C. The summed E-state index contributed by atoms with van der Waals surface area (Å²) in [6.07, 6.45) is 1.12. The largest absolute Gasteiger partial charge is 0.480 e. The van der Waals surface area contributed by atoms with E-state index >= 15 is 0 Å². The first kappa shape index (κ1) is 14.0. The Balaban J connectivity index is 3.16. The molecule has 0 saturated heterocycles. The third-order valence-corrected chi connectivity index (χ3v) is 1.91. The third kappa shape index (κ3) is 3.44. The molecule has 6 heteroatoms. The predicted molar refractivity (Wildman–Crippen MR) is 62.9 cm³/mol. The van der Waals surface area contributed by atoms with Gasteiger partial charge >= 0.3 is 11.9 Å². The van der Waals surface area contributed by atoms with E-state index in [4.69, 9.17) is 14.6 Å². The lowest BCUT2D eigenvalue weighted by atomic mass is 10.1. The lowest BCUT2D eigenvalue weighted by Gasteiger charge is -2.20. The van der Waals surface area contributed by atoms with E-state index in [1.165, 1.54) is 13.2 Å². The van der Waals surface area contributed by atoms with Crippen molar-refractivity contribution in [2.24, 2.45) is 0 Å². The van der Waals surface area contributed by atoms with Gasteiger partial charge in [0.15, 0.2) is 0 Å². The Hall–Kier alpha value is -2.11. The van der Waals surface area contributed by atoms with Crippen LogP contribution in [0, 0.1) is 0 Å². The van der Waals surface area contributed by atoms with Crippen LogP contribution in [0.5, 0.6) is 5.88 Å². The second-order valence-electron chi connectivity index (χ2n) is 4.59. The lowest BCUT2D eigenvalue weighted by molar-refractivity contribution is 0.00657. The summed E-state index contributed by atoms with van der Waals surface area (Å²) in [5.74, 6) is -1.81. The summed E-state index contributed by atoms with van der Waals surface area (Å²) in [6.45, 7) is 5.14. The summed E-state index contributed by atoms with van der Waals surface area (Å²) >= 11 is 0.